The minimum atomic E-state index is -3.52. The first-order chi connectivity index (χ1) is 10.4. The van der Waals surface area contributed by atoms with E-state index in [1.165, 1.54) is 10.4 Å². The van der Waals surface area contributed by atoms with Gasteiger partial charge >= 0.3 is 0 Å². The molecule has 0 saturated carbocycles. The third-order valence-corrected chi connectivity index (χ3v) is 5.45. The fourth-order valence-electron chi connectivity index (χ4n) is 2.28. The molecule has 0 radical (unpaired) electrons. The van der Waals surface area contributed by atoms with Crippen molar-refractivity contribution in [2.24, 2.45) is 0 Å². The zero-order valence-electron chi connectivity index (χ0n) is 12.9. The molecule has 0 unspecified atom stereocenters. The molecular weight excluding hydrogens is 304 g/mol. The predicted octanol–water partition coefficient (Wildman–Crippen LogP) is -0.219. The summed E-state index contributed by atoms with van der Waals surface area (Å²) in [5.41, 5.74) is 0.482. The Kier molecular flexibility index (Phi) is 5.52. The van der Waals surface area contributed by atoms with Gasteiger partial charge in [0.15, 0.2) is 0 Å². The van der Waals surface area contributed by atoms with Gasteiger partial charge in [-0.25, -0.2) is 8.42 Å². The Morgan fingerprint density at radius 3 is 2.55 bits per heavy atom. The van der Waals surface area contributed by atoms with Crippen molar-refractivity contribution in [1.82, 2.24) is 14.5 Å². The van der Waals surface area contributed by atoms with Crippen LogP contribution in [0, 0.1) is 0 Å². The van der Waals surface area contributed by atoms with Crippen molar-refractivity contribution < 1.29 is 13.2 Å². The van der Waals surface area contributed by atoms with Crippen LogP contribution in [-0.2, 0) is 14.8 Å². The number of piperazine rings is 1. The number of likely N-dealkylation sites (N-methyl/N-ethyl adjacent to an activating group) is 2. The molecule has 1 aliphatic heterocycles. The Bertz CT molecular complexity index is 625. The topological polar surface area (TPSA) is 81.8 Å². The summed E-state index contributed by atoms with van der Waals surface area (Å²) >= 11 is 0. The molecule has 2 N–H and O–H groups in total. The lowest BCUT2D eigenvalue weighted by molar-refractivity contribution is -0.115. The van der Waals surface area contributed by atoms with Crippen LogP contribution in [0.2, 0.25) is 0 Å². The third-order valence-electron chi connectivity index (χ3n) is 3.56. The molecule has 22 heavy (non-hydrogen) atoms. The molecule has 0 aromatic heterocycles. The molecule has 8 heteroatoms. The molecule has 0 spiro atoms. The highest BCUT2D eigenvalue weighted by Crippen LogP contribution is 2.20. The second kappa shape index (κ2) is 7.19. The standard InChI is InChI=1S/C14H22N4O3S/c1-15-11-14(19)16-12-4-3-5-13(10-12)22(20,21)18-8-6-17(2)7-9-18/h3-5,10,15H,6-9,11H2,1-2H3,(H,16,19). The number of hydrogen-bond donors (Lipinski definition) is 2. The lowest BCUT2D eigenvalue weighted by atomic mass is 10.3. The molecule has 0 bridgehead atoms. The number of rotatable bonds is 5. The molecule has 1 heterocycles. The van der Waals surface area contributed by atoms with E-state index in [1.807, 2.05) is 7.05 Å². The molecule has 0 aliphatic carbocycles. The van der Waals surface area contributed by atoms with Gasteiger partial charge in [-0.15, -0.1) is 0 Å². The number of carbonyl (C=O) groups excluding carboxylic acids is 1. The van der Waals surface area contributed by atoms with Crippen molar-refractivity contribution in [1.29, 1.82) is 0 Å². The molecular formula is C14H22N4O3S. The van der Waals surface area contributed by atoms with Crippen LogP contribution in [0.1, 0.15) is 0 Å². The summed E-state index contributed by atoms with van der Waals surface area (Å²) in [6.07, 6.45) is 0. The van der Waals surface area contributed by atoms with E-state index in [2.05, 4.69) is 15.5 Å². The van der Waals surface area contributed by atoms with E-state index >= 15 is 0 Å². The Morgan fingerprint density at radius 2 is 1.91 bits per heavy atom. The van der Waals surface area contributed by atoms with Crippen LogP contribution in [0.5, 0.6) is 0 Å². The predicted molar refractivity (Wildman–Crippen MR) is 85.3 cm³/mol. The second-order valence-corrected chi connectivity index (χ2v) is 7.25. The van der Waals surface area contributed by atoms with Crippen LogP contribution in [0.15, 0.2) is 29.2 Å². The van der Waals surface area contributed by atoms with E-state index in [4.69, 9.17) is 0 Å². The lowest BCUT2D eigenvalue weighted by Gasteiger charge is -2.31. The van der Waals surface area contributed by atoms with E-state index < -0.39 is 10.0 Å². The summed E-state index contributed by atoms with van der Waals surface area (Å²) in [6.45, 7) is 2.58. The SMILES string of the molecule is CNCC(=O)Nc1cccc(S(=O)(=O)N2CCN(C)CC2)c1. The Hall–Kier alpha value is -1.48. The van der Waals surface area contributed by atoms with Gasteiger partial charge in [0.05, 0.1) is 11.4 Å². The van der Waals surface area contributed by atoms with Gasteiger partial charge in [0.1, 0.15) is 0 Å². The molecule has 122 valence electrons. The number of anilines is 1. The number of carbonyl (C=O) groups is 1. The minimum Gasteiger partial charge on any atom is -0.325 e. The monoisotopic (exact) mass is 326 g/mol. The van der Waals surface area contributed by atoms with Crippen LogP contribution in [0.3, 0.4) is 0 Å². The highest BCUT2D eigenvalue weighted by atomic mass is 32.2. The summed E-state index contributed by atoms with van der Waals surface area (Å²) in [5.74, 6) is -0.211. The molecule has 1 fully saturated rings. The Morgan fingerprint density at radius 1 is 1.23 bits per heavy atom. The molecule has 2 rings (SSSR count). The fraction of sp³-hybridized carbons (Fsp3) is 0.500. The summed E-state index contributed by atoms with van der Waals surface area (Å²) in [7, 11) is 0.132. The van der Waals surface area contributed by atoms with E-state index in [9.17, 15) is 13.2 Å². The Balaban J connectivity index is 2.15. The Labute approximate surface area is 131 Å². The number of hydrogen-bond acceptors (Lipinski definition) is 5. The van der Waals surface area contributed by atoms with Gasteiger partial charge in [-0.2, -0.15) is 4.31 Å². The zero-order valence-corrected chi connectivity index (χ0v) is 13.7. The molecule has 1 amide bonds. The maximum Gasteiger partial charge on any atom is 0.243 e. The minimum absolute atomic E-state index is 0.176. The van der Waals surface area contributed by atoms with Gasteiger partial charge in [-0.1, -0.05) is 6.07 Å². The third kappa shape index (κ3) is 4.04. The highest BCUT2D eigenvalue weighted by Gasteiger charge is 2.27. The maximum atomic E-state index is 12.6. The van der Waals surface area contributed by atoms with Gasteiger partial charge in [0.2, 0.25) is 15.9 Å². The first kappa shape index (κ1) is 16.9. The van der Waals surface area contributed by atoms with Crippen LogP contribution in [-0.4, -0.2) is 70.3 Å². The number of sulfonamides is 1. The first-order valence-corrected chi connectivity index (χ1v) is 8.60. The van der Waals surface area contributed by atoms with Crippen molar-refractivity contribution in [3.63, 3.8) is 0 Å². The quantitative estimate of drug-likeness (QED) is 0.782. The van der Waals surface area contributed by atoms with Gasteiger partial charge in [-0.05, 0) is 32.3 Å². The van der Waals surface area contributed by atoms with Crippen molar-refractivity contribution in [3.05, 3.63) is 24.3 Å². The van der Waals surface area contributed by atoms with Crippen molar-refractivity contribution in [3.8, 4) is 0 Å². The van der Waals surface area contributed by atoms with Crippen molar-refractivity contribution in [2.45, 2.75) is 4.90 Å². The zero-order chi connectivity index (χ0) is 16.2. The van der Waals surface area contributed by atoms with E-state index in [0.717, 1.165) is 13.1 Å². The number of amides is 1. The summed E-state index contributed by atoms with van der Waals surface area (Å²) in [6, 6.07) is 6.37. The molecule has 0 atom stereocenters. The van der Waals surface area contributed by atoms with Crippen molar-refractivity contribution >= 4 is 21.6 Å². The van der Waals surface area contributed by atoms with Crippen molar-refractivity contribution in [2.75, 3.05) is 52.1 Å². The van der Waals surface area contributed by atoms with Crippen LogP contribution in [0.4, 0.5) is 5.69 Å². The van der Waals surface area contributed by atoms with Gasteiger partial charge in [0.25, 0.3) is 0 Å². The van der Waals surface area contributed by atoms with Gasteiger partial charge in [-0.3, -0.25) is 4.79 Å². The number of nitrogens with one attached hydrogen (secondary N) is 2. The second-order valence-electron chi connectivity index (χ2n) is 5.31. The molecule has 1 aromatic rings. The average molecular weight is 326 g/mol. The van der Waals surface area contributed by atoms with Gasteiger partial charge in [0, 0.05) is 31.9 Å². The first-order valence-electron chi connectivity index (χ1n) is 7.16. The normalized spacial score (nSPS) is 17.4. The fourth-order valence-corrected chi connectivity index (χ4v) is 3.75. The summed E-state index contributed by atoms with van der Waals surface area (Å²) in [4.78, 5) is 13.9. The van der Waals surface area contributed by atoms with Crippen LogP contribution < -0.4 is 10.6 Å². The lowest BCUT2D eigenvalue weighted by Crippen LogP contribution is -2.47. The average Bonchev–Trinajstić information content (AvgIpc) is 2.48. The van der Waals surface area contributed by atoms with Crippen LogP contribution in [0.25, 0.3) is 0 Å². The summed E-state index contributed by atoms with van der Waals surface area (Å²) < 4.78 is 26.8. The highest BCUT2D eigenvalue weighted by molar-refractivity contribution is 7.89. The largest absolute Gasteiger partial charge is 0.325 e. The molecule has 1 aliphatic rings. The number of benzene rings is 1. The van der Waals surface area contributed by atoms with E-state index in [-0.39, 0.29) is 17.3 Å². The summed E-state index contributed by atoms with van der Waals surface area (Å²) in [5, 5.41) is 5.42. The smallest absolute Gasteiger partial charge is 0.243 e. The maximum absolute atomic E-state index is 12.6. The molecule has 1 saturated heterocycles. The van der Waals surface area contributed by atoms with E-state index in [1.54, 1.807) is 25.2 Å². The number of nitrogens with zero attached hydrogens (tertiary/aromatic N) is 2. The van der Waals surface area contributed by atoms with Crippen LogP contribution >= 0.6 is 0 Å². The molecule has 1 aromatic carbocycles. The van der Waals surface area contributed by atoms with Gasteiger partial charge < -0.3 is 15.5 Å². The molecule has 7 nitrogen and oxygen atoms in total. The van der Waals surface area contributed by atoms with E-state index in [0.29, 0.717) is 18.8 Å².